The molecule has 0 unspecified atom stereocenters. The molecule has 2 aromatic carbocycles. The lowest BCUT2D eigenvalue weighted by Crippen LogP contribution is -2.40. The zero-order valence-electron chi connectivity index (χ0n) is 11.6. The highest BCUT2D eigenvalue weighted by Crippen LogP contribution is 2.41. The normalized spacial score (nSPS) is 15.9. The SMILES string of the molecule is N#CC1(c2ccc(OCc3ccccc3)cc2)CC(=O)C1. The lowest BCUT2D eigenvalue weighted by molar-refractivity contribution is -0.126. The van der Waals surface area contributed by atoms with E-state index in [1.807, 2.05) is 54.6 Å². The Morgan fingerprint density at radius 2 is 1.71 bits per heavy atom. The molecule has 0 saturated heterocycles. The van der Waals surface area contributed by atoms with Crippen molar-refractivity contribution in [3.05, 3.63) is 65.7 Å². The van der Waals surface area contributed by atoms with Crippen molar-refractivity contribution >= 4 is 5.78 Å². The van der Waals surface area contributed by atoms with Crippen molar-refractivity contribution in [3.8, 4) is 11.8 Å². The fraction of sp³-hybridized carbons (Fsp3) is 0.222. The van der Waals surface area contributed by atoms with Crippen LogP contribution in [0.5, 0.6) is 5.75 Å². The molecule has 0 radical (unpaired) electrons. The van der Waals surface area contributed by atoms with Gasteiger partial charge in [0, 0.05) is 12.8 Å². The van der Waals surface area contributed by atoms with Crippen molar-refractivity contribution in [3.63, 3.8) is 0 Å². The number of carbonyl (C=O) groups excluding carboxylic acids is 1. The summed E-state index contributed by atoms with van der Waals surface area (Å²) in [6, 6.07) is 19.7. The monoisotopic (exact) mass is 277 g/mol. The topological polar surface area (TPSA) is 50.1 Å². The van der Waals surface area contributed by atoms with Gasteiger partial charge in [-0.3, -0.25) is 4.79 Å². The van der Waals surface area contributed by atoms with Gasteiger partial charge in [-0.25, -0.2) is 0 Å². The molecule has 1 aliphatic carbocycles. The summed E-state index contributed by atoms with van der Waals surface area (Å²) in [5.74, 6) is 0.919. The number of ketones is 1. The van der Waals surface area contributed by atoms with Crippen LogP contribution in [0, 0.1) is 11.3 Å². The van der Waals surface area contributed by atoms with E-state index in [2.05, 4.69) is 6.07 Å². The zero-order valence-corrected chi connectivity index (χ0v) is 11.6. The fourth-order valence-electron chi connectivity index (χ4n) is 2.58. The molecule has 1 fully saturated rings. The average molecular weight is 277 g/mol. The van der Waals surface area contributed by atoms with Gasteiger partial charge in [-0.2, -0.15) is 5.26 Å². The Hall–Kier alpha value is -2.60. The van der Waals surface area contributed by atoms with Gasteiger partial charge < -0.3 is 4.74 Å². The number of carbonyl (C=O) groups is 1. The van der Waals surface area contributed by atoms with Gasteiger partial charge >= 0.3 is 0 Å². The largest absolute Gasteiger partial charge is 0.489 e. The van der Waals surface area contributed by atoms with Crippen LogP contribution in [0.4, 0.5) is 0 Å². The minimum atomic E-state index is -0.616. The van der Waals surface area contributed by atoms with Crippen LogP contribution in [0.25, 0.3) is 0 Å². The number of Topliss-reactive ketones (excluding diaryl/α,β-unsaturated/α-hetero) is 1. The van der Waals surface area contributed by atoms with Crippen molar-refractivity contribution in [1.29, 1.82) is 5.26 Å². The van der Waals surface area contributed by atoms with Gasteiger partial charge in [0.1, 0.15) is 18.1 Å². The van der Waals surface area contributed by atoms with Crippen molar-refractivity contribution in [2.24, 2.45) is 0 Å². The van der Waals surface area contributed by atoms with Crippen molar-refractivity contribution in [1.82, 2.24) is 0 Å². The highest BCUT2D eigenvalue weighted by molar-refractivity contribution is 5.90. The Bertz CT molecular complexity index is 675. The van der Waals surface area contributed by atoms with Crippen LogP contribution >= 0.6 is 0 Å². The van der Waals surface area contributed by atoms with Crippen LogP contribution in [0.15, 0.2) is 54.6 Å². The highest BCUT2D eigenvalue weighted by Gasteiger charge is 2.45. The average Bonchev–Trinajstić information content (AvgIpc) is 2.51. The maximum Gasteiger partial charge on any atom is 0.136 e. The Morgan fingerprint density at radius 1 is 1.05 bits per heavy atom. The predicted molar refractivity (Wildman–Crippen MR) is 78.7 cm³/mol. The summed E-state index contributed by atoms with van der Waals surface area (Å²) >= 11 is 0. The van der Waals surface area contributed by atoms with Gasteiger partial charge in [0.05, 0.1) is 11.5 Å². The minimum Gasteiger partial charge on any atom is -0.489 e. The van der Waals surface area contributed by atoms with Gasteiger partial charge in [-0.1, -0.05) is 42.5 Å². The lowest BCUT2D eigenvalue weighted by Gasteiger charge is -2.34. The third-order valence-corrected chi connectivity index (χ3v) is 3.87. The summed E-state index contributed by atoms with van der Waals surface area (Å²) in [5, 5.41) is 9.30. The predicted octanol–water partition coefficient (Wildman–Crippen LogP) is 3.39. The van der Waals surface area contributed by atoms with E-state index in [0.717, 1.165) is 16.9 Å². The molecule has 1 aliphatic rings. The van der Waals surface area contributed by atoms with Crippen molar-refractivity contribution in [2.45, 2.75) is 24.9 Å². The van der Waals surface area contributed by atoms with Gasteiger partial charge in [0.25, 0.3) is 0 Å². The van der Waals surface area contributed by atoms with E-state index in [1.165, 1.54) is 0 Å². The molecule has 0 heterocycles. The highest BCUT2D eigenvalue weighted by atomic mass is 16.5. The first-order valence-electron chi connectivity index (χ1n) is 6.92. The first-order chi connectivity index (χ1) is 10.2. The van der Waals surface area contributed by atoms with Crippen LogP contribution in [0.1, 0.15) is 24.0 Å². The Kier molecular flexibility index (Phi) is 3.45. The van der Waals surface area contributed by atoms with E-state index in [9.17, 15) is 10.1 Å². The first-order valence-corrected chi connectivity index (χ1v) is 6.92. The molecular weight excluding hydrogens is 262 g/mol. The molecular formula is C18H15NO2. The number of hydrogen-bond donors (Lipinski definition) is 0. The van der Waals surface area contributed by atoms with E-state index in [4.69, 9.17) is 4.74 Å². The van der Waals surface area contributed by atoms with Crippen LogP contribution in [-0.2, 0) is 16.8 Å². The van der Waals surface area contributed by atoms with Crippen LogP contribution in [-0.4, -0.2) is 5.78 Å². The third kappa shape index (κ3) is 2.66. The Balaban J connectivity index is 1.67. The first kappa shape index (κ1) is 13.4. The number of nitrogens with zero attached hydrogens (tertiary/aromatic N) is 1. The molecule has 0 amide bonds. The zero-order chi connectivity index (χ0) is 14.7. The van der Waals surface area contributed by atoms with Crippen molar-refractivity contribution in [2.75, 3.05) is 0 Å². The maximum atomic E-state index is 11.2. The molecule has 2 aromatic rings. The molecule has 104 valence electrons. The van der Waals surface area contributed by atoms with Crippen LogP contribution < -0.4 is 4.74 Å². The lowest BCUT2D eigenvalue weighted by atomic mass is 9.65. The molecule has 1 saturated carbocycles. The smallest absolute Gasteiger partial charge is 0.136 e. The Morgan fingerprint density at radius 3 is 2.29 bits per heavy atom. The minimum absolute atomic E-state index is 0.154. The Labute approximate surface area is 123 Å². The van der Waals surface area contributed by atoms with Gasteiger partial charge in [0.2, 0.25) is 0 Å². The molecule has 3 rings (SSSR count). The van der Waals surface area contributed by atoms with E-state index in [1.54, 1.807) is 0 Å². The fourth-order valence-corrected chi connectivity index (χ4v) is 2.58. The van der Waals surface area contributed by atoms with Gasteiger partial charge in [0.15, 0.2) is 0 Å². The second-order valence-electron chi connectivity index (χ2n) is 5.38. The molecule has 0 aliphatic heterocycles. The van der Waals surface area contributed by atoms with Crippen molar-refractivity contribution < 1.29 is 9.53 Å². The molecule has 0 bridgehead atoms. The summed E-state index contributed by atoms with van der Waals surface area (Å²) in [6.45, 7) is 0.516. The molecule has 3 nitrogen and oxygen atoms in total. The number of ether oxygens (including phenoxy) is 1. The van der Waals surface area contributed by atoms with Crippen LogP contribution in [0.2, 0.25) is 0 Å². The van der Waals surface area contributed by atoms with Gasteiger partial charge in [-0.05, 0) is 23.3 Å². The van der Waals surface area contributed by atoms with E-state index in [-0.39, 0.29) is 5.78 Å². The molecule has 0 atom stereocenters. The van der Waals surface area contributed by atoms with E-state index >= 15 is 0 Å². The second-order valence-corrected chi connectivity index (χ2v) is 5.38. The quantitative estimate of drug-likeness (QED) is 0.860. The summed E-state index contributed by atoms with van der Waals surface area (Å²) in [5.41, 5.74) is 1.39. The molecule has 0 spiro atoms. The second kappa shape index (κ2) is 5.41. The number of benzene rings is 2. The summed E-state index contributed by atoms with van der Waals surface area (Å²) in [4.78, 5) is 11.2. The third-order valence-electron chi connectivity index (χ3n) is 3.87. The molecule has 21 heavy (non-hydrogen) atoms. The van der Waals surface area contributed by atoms with E-state index in [0.29, 0.717) is 19.4 Å². The van der Waals surface area contributed by atoms with E-state index < -0.39 is 5.41 Å². The number of hydrogen-bond acceptors (Lipinski definition) is 3. The number of nitriles is 1. The maximum absolute atomic E-state index is 11.2. The van der Waals surface area contributed by atoms with Gasteiger partial charge in [-0.15, -0.1) is 0 Å². The summed E-state index contributed by atoms with van der Waals surface area (Å²) < 4.78 is 5.72. The van der Waals surface area contributed by atoms with Crippen LogP contribution in [0.3, 0.4) is 0 Å². The standard InChI is InChI=1S/C18H15NO2/c19-13-18(10-16(20)11-18)15-6-8-17(9-7-15)21-12-14-4-2-1-3-5-14/h1-9H,10-12H2. The molecule has 0 N–H and O–H groups in total. The summed E-state index contributed by atoms with van der Waals surface area (Å²) in [7, 11) is 0. The molecule has 3 heteroatoms. The number of rotatable bonds is 4. The molecule has 0 aromatic heterocycles. The summed E-state index contributed by atoms with van der Waals surface area (Å²) in [6.07, 6.45) is 0.654.